The summed E-state index contributed by atoms with van der Waals surface area (Å²) in [6.45, 7) is 6.17. The van der Waals surface area contributed by atoms with Gasteiger partial charge in [0, 0.05) is 12.8 Å². The Morgan fingerprint density at radius 2 is 0.481 bits per heavy atom. The fourth-order valence-corrected chi connectivity index (χ4v) is 8.48. The van der Waals surface area contributed by atoms with Crippen LogP contribution in [0.3, 0.4) is 0 Å². The quantitative estimate of drug-likeness (QED) is 0.0261. The van der Waals surface area contributed by atoms with Gasteiger partial charge in [-0.2, -0.15) is 0 Å². The minimum atomic E-state index is -0.857. The van der Waals surface area contributed by atoms with Gasteiger partial charge in [-0.3, -0.25) is 14.4 Å². The first-order valence-corrected chi connectivity index (χ1v) is 32.6. The van der Waals surface area contributed by atoms with E-state index in [1.807, 2.05) is 6.08 Å². The molecule has 81 heavy (non-hydrogen) atoms. The third-order valence-electron chi connectivity index (χ3n) is 13.2. The summed E-state index contributed by atoms with van der Waals surface area (Å²) in [5, 5.41) is 0. The van der Waals surface area contributed by atoms with E-state index >= 15 is 0 Å². The van der Waals surface area contributed by atoms with Crippen LogP contribution in [0.2, 0.25) is 0 Å². The van der Waals surface area contributed by atoms with Gasteiger partial charge in [0.05, 0.1) is 6.42 Å². The van der Waals surface area contributed by atoms with Gasteiger partial charge in [-0.15, -0.1) is 0 Å². The van der Waals surface area contributed by atoms with Crippen LogP contribution < -0.4 is 0 Å². The van der Waals surface area contributed by atoms with E-state index in [1.165, 1.54) is 96.3 Å². The third-order valence-corrected chi connectivity index (χ3v) is 13.2. The number of hydrogen-bond donors (Lipinski definition) is 0. The first-order chi connectivity index (χ1) is 40.0. The molecule has 0 heterocycles. The zero-order chi connectivity index (χ0) is 58.5. The number of rotatable bonds is 57. The van der Waals surface area contributed by atoms with Gasteiger partial charge in [-0.25, -0.2) is 0 Å². The van der Waals surface area contributed by atoms with E-state index in [0.717, 1.165) is 116 Å². The molecule has 0 aromatic carbocycles. The van der Waals surface area contributed by atoms with Crippen LogP contribution in [-0.2, 0) is 28.6 Å². The van der Waals surface area contributed by atoms with Gasteiger partial charge in [-0.1, -0.05) is 287 Å². The second kappa shape index (κ2) is 67.3. The van der Waals surface area contributed by atoms with Crippen molar-refractivity contribution in [2.24, 2.45) is 0 Å². The number of carbonyl (C=O) groups is 3. The van der Waals surface area contributed by atoms with Gasteiger partial charge in [0.1, 0.15) is 13.2 Å². The van der Waals surface area contributed by atoms with Crippen LogP contribution in [0.4, 0.5) is 0 Å². The summed E-state index contributed by atoms with van der Waals surface area (Å²) in [6, 6.07) is 0. The Morgan fingerprint density at radius 3 is 0.778 bits per heavy atom. The van der Waals surface area contributed by atoms with Crippen molar-refractivity contribution in [1.82, 2.24) is 0 Å². The van der Waals surface area contributed by atoms with Crippen molar-refractivity contribution in [3.8, 4) is 0 Å². The van der Waals surface area contributed by atoms with Crippen LogP contribution in [-0.4, -0.2) is 37.2 Å². The first-order valence-electron chi connectivity index (χ1n) is 32.6. The molecule has 454 valence electrons. The Hall–Kier alpha value is -5.23. The number of esters is 3. The lowest BCUT2D eigenvalue weighted by Crippen LogP contribution is -2.30. The zero-order valence-corrected chi connectivity index (χ0v) is 52.0. The fourth-order valence-electron chi connectivity index (χ4n) is 8.48. The molecule has 0 saturated heterocycles. The van der Waals surface area contributed by atoms with Gasteiger partial charge in [-0.05, 0) is 128 Å². The van der Waals surface area contributed by atoms with Crippen LogP contribution in [0.5, 0.6) is 0 Å². The summed E-state index contributed by atoms with van der Waals surface area (Å²) in [5.74, 6) is -1.11. The van der Waals surface area contributed by atoms with Crippen LogP contribution >= 0.6 is 0 Å². The molecule has 0 aliphatic carbocycles. The Balaban J connectivity index is 4.30. The van der Waals surface area contributed by atoms with Crippen molar-refractivity contribution in [2.75, 3.05) is 13.2 Å². The van der Waals surface area contributed by atoms with E-state index < -0.39 is 12.1 Å². The maximum absolute atomic E-state index is 12.8. The van der Waals surface area contributed by atoms with E-state index in [1.54, 1.807) is 6.08 Å². The molecule has 0 aliphatic heterocycles. The van der Waals surface area contributed by atoms with Crippen molar-refractivity contribution >= 4 is 17.9 Å². The number of carbonyl (C=O) groups excluding carboxylic acids is 3. The van der Waals surface area contributed by atoms with E-state index in [0.29, 0.717) is 19.3 Å². The van der Waals surface area contributed by atoms with E-state index in [4.69, 9.17) is 14.2 Å². The molecule has 0 aliphatic rings. The summed E-state index contributed by atoms with van der Waals surface area (Å²) >= 11 is 0. The number of allylic oxidation sites excluding steroid dienone is 27. The summed E-state index contributed by atoms with van der Waals surface area (Å²) in [5.41, 5.74) is 0. The average Bonchev–Trinajstić information content (AvgIpc) is 3.47. The molecule has 0 fully saturated rings. The number of ether oxygens (including phenoxy) is 3. The smallest absolute Gasteiger partial charge is 0.310 e. The summed E-state index contributed by atoms with van der Waals surface area (Å²) in [6.07, 6.45) is 99.8. The topological polar surface area (TPSA) is 78.9 Å². The van der Waals surface area contributed by atoms with Gasteiger partial charge >= 0.3 is 17.9 Å². The standard InChI is InChI=1S/C75H118O6/c1-4-7-10-13-16-19-22-25-28-29-30-31-32-33-34-35-36-37-38-39-40-41-42-43-44-45-48-50-53-56-59-62-65-68-74(77)80-71-72(81-75(78)69-66-63-60-57-54-51-47-27-24-21-18-15-12-9-6-3)70-79-73(76)67-64-61-58-55-52-49-46-26-23-20-17-14-11-8-5-2/h7-12,16-21,25-28,30-31,33-34,46-47,52,54-55,57,63,66,72H,4-6,13-15,22-24,29,32,35-45,48-51,53,56,58-62,64-65,67-71H2,1-3H3/b10-7-,11-8-,12-9-,19-16-,20-17-,21-18-,28-25-,31-30-,34-33-,46-26-,47-27-,55-52-,57-54-,66-63-. The Morgan fingerprint density at radius 1 is 0.259 bits per heavy atom. The summed E-state index contributed by atoms with van der Waals surface area (Å²) in [7, 11) is 0. The molecule has 0 aromatic heterocycles. The van der Waals surface area contributed by atoms with E-state index in [-0.39, 0.29) is 38.0 Å². The molecule has 0 bridgehead atoms. The SMILES string of the molecule is CC/C=C\C/C=C\C/C=C\C/C=C\C/C=C\CCCCCCCCCCCCCCCCCCCC(=O)OCC(COC(=O)CCCC/C=C\C/C=C\C/C=C\C/C=C\CC)OC(=O)C/C=C\C/C=C\C/C=C\C/C=C\C/C=C\CC. The number of hydrogen-bond acceptors (Lipinski definition) is 6. The molecular weight excluding hydrogens is 997 g/mol. The lowest BCUT2D eigenvalue weighted by atomic mass is 10.0. The van der Waals surface area contributed by atoms with E-state index in [9.17, 15) is 14.4 Å². The Labute approximate surface area is 498 Å². The summed E-state index contributed by atoms with van der Waals surface area (Å²) in [4.78, 5) is 38.2. The van der Waals surface area contributed by atoms with Crippen molar-refractivity contribution < 1.29 is 28.6 Å². The predicted molar refractivity (Wildman–Crippen MR) is 352 cm³/mol. The Kier molecular flexibility index (Phi) is 62.9. The van der Waals surface area contributed by atoms with Crippen molar-refractivity contribution in [3.63, 3.8) is 0 Å². The normalized spacial score (nSPS) is 13.3. The minimum absolute atomic E-state index is 0.0816. The molecule has 6 heteroatoms. The predicted octanol–water partition coefficient (Wildman–Crippen LogP) is 22.7. The lowest BCUT2D eigenvalue weighted by molar-refractivity contribution is -0.166. The molecule has 0 N–H and O–H groups in total. The maximum Gasteiger partial charge on any atom is 0.310 e. The fraction of sp³-hybridized carbons (Fsp3) is 0.587. The third kappa shape index (κ3) is 65.5. The molecule has 0 spiro atoms. The van der Waals surface area contributed by atoms with Gasteiger partial charge in [0.2, 0.25) is 0 Å². The highest BCUT2D eigenvalue weighted by Gasteiger charge is 2.19. The molecule has 6 nitrogen and oxygen atoms in total. The highest BCUT2D eigenvalue weighted by molar-refractivity contribution is 5.72. The number of unbranched alkanes of at least 4 members (excludes halogenated alkanes) is 19. The molecule has 1 atom stereocenters. The molecule has 0 amide bonds. The molecule has 0 aromatic rings. The second-order valence-corrected chi connectivity index (χ2v) is 20.9. The monoisotopic (exact) mass is 1110 g/mol. The average molecular weight is 1120 g/mol. The highest BCUT2D eigenvalue weighted by Crippen LogP contribution is 2.16. The molecule has 0 radical (unpaired) electrons. The zero-order valence-electron chi connectivity index (χ0n) is 52.0. The van der Waals surface area contributed by atoms with Crippen LogP contribution in [0.15, 0.2) is 170 Å². The molecule has 0 rings (SSSR count). The second-order valence-electron chi connectivity index (χ2n) is 20.9. The minimum Gasteiger partial charge on any atom is -0.462 e. The van der Waals surface area contributed by atoms with Gasteiger partial charge in [0.15, 0.2) is 6.10 Å². The highest BCUT2D eigenvalue weighted by atomic mass is 16.6. The van der Waals surface area contributed by atoms with Crippen LogP contribution in [0.1, 0.15) is 265 Å². The van der Waals surface area contributed by atoms with Gasteiger partial charge in [0.25, 0.3) is 0 Å². The van der Waals surface area contributed by atoms with E-state index in [2.05, 4.69) is 179 Å². The lowest BCUT2D eigenvalue weighted by Gasteiger charge is -2.18. The van der Waals surface area contributed by atoms with Crippen LogP contribution in [0, 0.1) is 0 Å². The molecule has 1 unspecified atom stereocenters. The van der Waals surface area contributed by atoms with Crippen molar-refractivity contribution in [2.45, 2.75) is 271 Å². The Bertz CT molecular complexity index is 1860. The maximum atomic E-state index is 12.8. The largest absolute Gasteiger partial charge is 0.462 e. The summed E-state index contributed by atoms with van der Waals surface area (Å²) < 4.78 is 16.8. The molecular formula is C75H118O6. The van der Waals surface area contributed by atoms with Crippen LogP contribution in [0.25, 0.3) is 0 Å². The van der Waals surface area contributed by atoms with Crippen molar-refractivity contribution in [1.29, 1.82) is 0 Å². The van der Waals surface area contributed by atoms with Crippen molar-refractivity contribution in [3.05, 3.63) is 170 Å². The first kappa shape index (κ1) is 75.8. The van der Waals surface area contributed by atoms with Gasteiger partial charge < -0.3 is 14.2 Å². The molecule has 0 saturated carbocycles.